The Balaban J connectivity index is 4.41. The molecule has 5 heteroatoms. The molecule has 0 heterocycles. The van der Waals surface area contributed by atoms with Crippen LogP contribution in [0, 0.1) is 0 Å². The van der Waals surface area contributed by atoms with Crippen molar-refractivity contribution in [3.63, 3.8) is 0 Å². The van der Waals surface area contributed by atoms with Crippen molar-refractivity contribution in [2.75, 3.05) is 19.8 Å². The smallest absolute Gasteiger partial charge is 0.306 e. The molecule has 1 unspecified atom stereocenters. The third-order valence-electron chi connectivity index (χ3n) is 11.4. The molecule has 0 aromatic heterocycles. The number of carbonyl (C=O) groups is 2. The van der Waals surface area contributed by atoms with Crippen molar-refractivity contribution in [1.29, 1.82) is 0 Å². The van der Waals surface area contributed by atoms with Crippen molar-refractivity contribution in [2.24, 2.45) is 0 Å². The highest BCUT2D eigenvalue weighted by Gasteiger charge is 2.17. The first-order valence-electron chi connectivity index (χ1n) is 28.1. The Morgan fingerprint density at radius 3 is 1.18 bits per heavy atom. The van der Waals surface area contributed by atoms with Gasteiger partial charge in [-0.1, -0.05) is 232 Å². The summed E-state index contributed by atoms with van der Waals surface area (Å²) < 4.78 is 17.4. The van der Waals surface area contributed by atoms with E-state index in [0.717, 1.165) is 89.9 Å². The van der Waals surface area contributed by atoms with Gasteiger partial charge in [-0.25, -0.2) is 0 Å². The van der Waals surface area contributed by atoms with E-state index in [-0.39, 0.29) is 25.2 Å². The van der Waals surface area contributed by atoms with Crippen molar-refractivity contribution < 1.29 is 23.8 Å². The molecule has 68 heavy (non-hydrogen) atoms. The van der Waals surface area contributed by atoms with Crippen LogP contribution in [0.4, 0.5) is 0 Å². The van der Waals surface area contributed by atoms with Crippen molar-refractivity contribution in [1.82, 2.24) is 0 Å². The van der Waals surface area contributed by atoms with Crippen molar-refractivity contribution in [3.05, 3.63) is 122 Å². The number of rotatable bonds is 50. The predicted molar refractivity (Wildman–Crippen MR) is 297 cm³/mol. The fraction of sp³-hybridized carbons (Fsp3) is 0.651. The summed E-state index contributed by atoms with van der Waals surface area (Å²) in [7, 11) is 0. The number of esters is 2. The van der Waals surface area contributed by atoms with E-state index in [9.17, 15) is 9.59 Å². The second-order valence-electron chi connectivity index (χ2n) is 18.1. The zero-order valence-electron chi connectivity index (χ0n) is 44.3. The molecule has 0 saturated heterocycles. The molecule has 0 saturated carbocycles. The van der Waals surface area contributed by atoms with Crippen LogP contribution in [0.3, 0.4) is 0 Å². The van der Waals surface area contributed by atoms with E-state index in [4.69, 9.17) is 14.2 Å². The van der Waals surface area contributed by atoms with Crippen LogP contribution < -0.4 is 0 Å². The molecule has 0 spiro atoms. The topological polar surface area (TPSA) is 61.8 Å². The summed E-state index contributed by atoms with van der Waals surface area (Å²) in [5, 5.41) is 0. The second-order valence-corrected chi connectivity index (χ2v) is 18.1. The maximum atomic E-state index is 12.9. The van der Waals surface area contributed by atoms with Crippen LogP contribution in [0.25, 0.3) is 0 Å². The van der Waals surface area contributed by atoms with Gasteiger partial charge in [0.2, 0.25) is 0 Å². The monoisotopic (exact) mass is 941 g/mol. The van der Waals surface area contributed by atoms with E-state index in [2.05, 4.69) is 136 Å². The molecule has 0 bridgehead atoms. The third kappa shape index (κ3) is 54.9. The maximum absolute atomic E-state index is 12.9. The van der Waals surface area contributed by atoms with Crippen LogP contribution in [0.2, 0.25) is 0 Å². The summed E-state index contributed by atoms with van der Waals surface area (Å²) in [4.78, 5) is 25.5. The number of hydrogen-bond acceptors (Lipinski definition) is 5. The van der Waals surface area contributed by atoms with Gasteiger partial charge < -0.3 is 14.2 Å². The van der Waals surface area contributed by atoms with Crippen LogP contribution in [-0.4, -0.2) is 37.9 Å². The van der Waals surface area contributed by atoms with Crippen LogP contribution in [0.5, 0.6) is 0 Å². The summed E-state index contributed by atoms with van der Waals surface area (Å²) in [5.41, 5.74) is 0. The largest absolute Gasteiger partial charge is 0.462 e. The third-order valence-corrected chi connectivity index (χ3v) is 11.4. The Kier molecular flexibility index (Phi) is 54.5. The average Bonchev–Trinajstić information content (AvgIpc) is 3.34. The highest BCUT2D eigenvalue weighted by molar-refractivity contribution is 5.70. The van der Waals surface area contributed by atoms with E-state index >= 15 is 0 Å². The summed E-state index contributed by atoms with van der Waals surface area (Å²) in [6.07, 6.45) is 80.8. The Labute approximate surface area is 420 Å². The van der Waals surface area contributed by atoms with E-state index < -0.39 is 6.10 Å². The molecule has 5 nitrogen and oxygen atoms in total. The highest BCUT2D eigenvalue weighted by Crippen LogP contribution is 2.14. The molecule has 0 N–H and O–H groups in total. The van der Waals surface area contributed by atoms with Gasteiger partial charge in [0, 0.05) is 19.4 Å². The standard InChI is InChI=1S/C63H104O5/c1-4-7-10-13-16-19-22-25-28-30-32-34-36-38-41-44-47-50-53-56-62(64)67-60-61(59-66-58-55-52-49-46-43-40-27-24-21-18-15-12-9-6-3)68-63(65)57-54-51-48-45-42-39-37-35-33-31-29-26-23-20-17-14-11-8-5-2/h7,10,12,15-17,19-21,24-26,28-29,32,34,38,41,47,50,61H,4-6,8-9,11,13-14,18,22-23,27,30-31,33,35-37,39-40,42-46,48-49,51-60H2,1-3H3/b10-7-,15-12-,19-16-,20-17-,24-21-,28-25-,29-26-,34-32-,41-38-,50-47-. The van der Waals surface area contributed by atoms with Gasteiger partial charge in [0.1, 0.15) is 6.61 Å². The molecule has 0 amide bonds. The fourth-order valence-corrected chi connectivity index (χ4v) is 7.31. The first kappa shape index (κ1) is 64.3. The Hall–Kier alpha value is -3.70. The summed E-state index contributed by atoms with van der Waals surface area (Å²) in [6.45, 7) is 7.52. The second kappa shape index (κ2) is 57.6. The lowest BCUT2D eigenvalue weighted by Gasteiger charge is -2.18. The molecule has 0 aliphatic carbocycles. The molecule has 0 aromatic rings. The molecular formula is C63H104O5. The van der Waals surface area contributed by atoms with E-state index in [1.54, 1.807) is 0 Å². The number of unbranched alkanes of at least 4 members (excludes halogenated alkanes) is 19. The number of ether oxygens (including phenoxy) is 3. The Morgan fingerprint density at radius 2 is 0.721 bits per heavy atom. The van der Waals surface area contributed by atoms with Gasteiger partial charge in [0.15, 0.2) is 6.10 Å². The van der Waals surface area contributed by atoms with Gasteiger partial charge in [-0.15, -0.1) is 0 Å². The summed E-state index contributed by atoms with van der Waals surface area (Å²) >= 11 is 0. The summed E-state index contributed by atoms with van der Waals surface area (Å²) in [5.74, 6) is -0.509. The first-order chi connectivity index (χ1) is 33.6. The molecule has 0 rings (SSSR count). The zero-order chi connectivity index (χ0) is 49.2. The minimum atomic E-state index is -0.583. The number of hydrogen-bond donors (Lipinski definition) is 0. The quantitative estimate of drug-likeness (QED) is 0.0345. The Bertz CT molecular complexity index is 1390. The van der Waals surface area contributed by atoms with Crippen LogP contribution in [0.1, 0.15) is 239 Å². The molecule has 386 valence electrons. The van der Waals surface area contributed by atoms with E-state index in [1.165, 1.54) is 109 Å². The molecule has 0 fully saturated rings. The minimum absolute atomic E-state index is 0.0324. The lowest BCUT2D eigenvalue weighted by atomic mass is 10.1. The molecule has 1 atom stereocenters. The zero-order valence-corrected chi connectivity index (χ0v) is 44.3. The molecule has 0 radical (unpaired) electrons. The number of allylic oxidation sites excluding steroid dienone is 20. The normalized spacial score (nSPS) is 13.2. The van der Waals surface area contributed by atoms with Crippen molar-refractivity contribution in [3.8, 4) is 0 Å². The average molecular weight is 942 g/mol. The maximum Gasteiger partial charge on any atom is 0.306 e. The molecule has 0 aliphatic heterocycles. The number of carbonyl (C=O) groups excluding carboxylic acids is 2. The summed E-state index contributed by atoms with van der Waals surface area (Å²) in [6, 6.07) is 0. The SMILES string of the molecule is CC/C=C\C/C=C\C/C=C\C/C=C\C/C=C\C/C=C\CCC(=O)OCC(COCCCCCCCC/C=C\C/C=C\CCC)OC(=O)CCCCCCCCCCC/C=C\C/C=C\CCCCC. The van der Waals surface area contributed by atoms with Gasteiger partial charge in [-0.3, -0.25) is 9.59 Å². The van der Waals surface area contributed by atoms with Gasteiger partial charge in [0.05, 0.1) is 6.61 Å². The predicted octanol–water partition coefficient (Wildman–Crippen LogP) is 19.3. The van der Waals surface area contributed by atoms with Crippen LogP contribution in [0.15, 0.2) is 122 Å². The molecule has 0 aliphatic rings. The minimum Gasteiger partial charge on any atom is -0.462 e. The molecular weight excluding hydrogens is 837 g/mol. The van der Waals surface area contributed by atoms with E-state index in [0.29, 0.717) is 25.9 Å². The highest BCUT2D eigenvalue weighted by atomic mass is 16.6. The van der Waals surface area contributed by atoms with Crippen LogP contribution >= 0.6 is 0 Å². The van der Waals surface area contributed by atoms with Crippen LogP contribution in [-0.2, 0) is 23.8 Å². The lowest BCUT2D eigenvalue weighted by Crippen LogP contribution is -2.30. The van der Waals surface area contributed by atoms with Gasteiger partial charge >= 0.3 is 11.9 Å². The molecule has 0 aromatic carbocycles. The fourth-order valence-electron chi connectivity index (χ4n) is 7.31. The van der Waals surface area contributed by atoms with Gasteiger partial charge in [0.25, 0.3) is 0 Å². The Morgan fingerprint density at radius 1 is 0.338 bits per heavy atom. The van der Waals surface area contributed by atoms with Gasteiger partial charge in [-0.05, 0) is 116 Å². The first-order valence-corrected chi connectivity index (χ1v) is 28.1. The van der Waals surface area contributed by atoms with Crippen molar-refractivity contribution >= 4 is 11.9 Å². The lowest BCUT2D eigenvalue weighted by molar-refractivity contribution is -0.162. The van der Waals surface area contributed by atoms with Gasteiger partial charge in [-0.2, -0.15) is 0 Å². The van der Waals surface area contributed by atoms with Crippen molar-refractivity contribution in [2.45, 2.75) is 245 Å². The van der Waals surface area contributed by atoms with E-state index in [1.807, 2.05) is 6.08 Å².